The molecule has 0 aromatic heterocycles. The molecule has 0 heterocycles. The van der Waals surface area contributed by atoms with Gasteiger partial charge in [-0.1, -0.05) is 55.8 Å². The fraction of sp³-hybridized carbons (Fsp3) is 0.379. The van der Waals surface area contributed by atoms with Crippen LogP contribution in [0.25, 0.3) is 11.1 Å². The van der Waals surface area contributed by atoms with Gasteiger partial charge in [0.15, 0.2) is 11.6 Å². The van der Waals surface area contributed by atoms with Gasteiger partial charge in [0.2, 0.25) is 0 Å². The minimum absolute atomic E-state index is 0.108. The SMILES string of the molecule is CCCc1ccc(-c2ccc(C3CCC(C(F)(F)Cc4ccc(F)c(F)c4)CC3)cc2)c(F)c1. The van der Waals surface area contributed by atoms with Gasteiger partial charge >= 0.3 is 0 Å². The Bertz CT molecular complexity index is 1110. The summed E-state index contributed by atoms with van der Waals surface area (Å²) in [6.07, 6.45) is 3.24. The summed E-state index contributed by atoms with van der Waals surface area (Å²) in [6, 6.07) is 16.1. The molecule has 0 spiro atoms. The Hall–Kier alpha value is -2.69. The molecule has 5 heteroatoms. The maximum atomic E-state index is 14.9. The predicted molar refractivity (Wildman–Crippen MR) is 126 cm³/mol. The van der Waals surface area contributed by atoms with Gasteiger partial charge in [0, 0.05) is 17.9 Å². The normalized spacial score (nSPS) is 18.8. The van der Waals surface area contributed by atoms with Crippen LogP contribution in [0, 0.1) is 23.4 Å². The van der Waals surface area contributed by atoms with E-state index < -0.39 is 29.9 Å². The standard InChI is InChI=1S/C29H29F5/c1-2-3-19-4-14-25(27(31)16-19)23-8-6-21(7-9-23)22-10-12-24(13-11-22)29(33,34)18-20-5-15-26(30)28(32)17-20/h4-9,14-17,22,24H,2-3,10-13,18H2,1H3. The first-order valence-electron chi connectivity index (χ1n) is 12.0. The first kappa shape index (κ1) is 24.4. The van der Waals surface area contributed by atoms with E-state index in [1.807, 2.05) is 36.4 Å². The van der Waals surface area contributed by atoms with Crippen molar-refractivity contribution in [2.45, 2.75) is 63.7 Å². The summed E-state index contributed by atoms with van der Waals surface area (Å²) >= 11 is 0. The number of alkyl halides is 2. The molecule has 0 radical (unpaired) electrons. The van der Waals surface area contributed by atoms with Crippen molar-refractivity contribution in [3.05, 3.63) is 94.8 Å². The van der Waals surface area contributed by atoms with E-state index in [1.165, 1.54) is 6.07 Å². The zero-order chi connectivity index (χ0) is 24.3. The number of rotatable bonds is 7. The second kappa shape index (κ2) is 10.3. The summed E-state index contributed by atoms with van der Waals surface area (Å²) in [6.45, 7) is 2.06. The highest BCUT2D eigenvalue weighted by Crippen LogP contribution is 2.44. The molecule has 34 heavy (non-hydrogen) atoms. The average molecular weight is 473 g/mol. The van der Waals surface area contributed by atoms with Crippen molar-refractivity contribution in [1.82, 2.24) is 0 Å². The maximum absolute atomic E-state index is 14.9. The van der Waals surface area contributed by atoms with Gasteiger partial charge < -0.3 is 0 Å². The molecule has 0 unspecified atom stereocenters. The van der Waals surface area contributed by atoms with Crippen molar-refractivity contribution in [3.8, 4) is 11.1 Å². The Morgan fingerprint density at radius 3 is 2.00 bits per heavy atom. The topological polar surface area (TPSA) is 0 Å². The van der Waals surface area contributed by atoms with Gasteiger partial charge in [0.1, 0.15) is 5.82 Å². The molecule has 0 bridgehead atoms. The molecule has 0 atom stereocenters. The van der Waals surface area contributed by atoms with E-state index in [0.717, 1.165) is 41.7 Å². The van der Waals surface area contributed by atoms with Gasteiger partial charge in [-0.25, -0.2) is 22.0 Å². The molecule has 0 amide bonds. The highest BCUT2D eigenvalue weighted by Gasteiger charge is 2.41. The lowest BCUT2D eigenvalue weighted by Crippen LogP contribution is -2.33. The Labute approximate surface area is 197 Å². The molecule has 3 aromatic rings. The first-order valence-corrected chi connectivity index (χ1v) is 12.0. The van der Waals surface area contributed by atoms with Crippen LogP contribution in [0.4, 0.5) is 22.0 Å². The van der Waals surface area contributed by atoms with Crippen molar-refractivity contribution in [3.63, 3.8) is 0 Å². The lowest BCUT2D eigenvalue weighted by molar-refractivity contribution is -0.0715. The molecule has 1 aliphatic rings. The zero-order valence-corrected chi connectivity index (χ0v) is 19.3. The molecule has 0 saturated heterocycles. The van der Waals surface area contributed by atoms with Crippen molar-refractivity contribution in [2.24, 2.45) is 5.92 Å². The molecule has 1 saturated carbocycles. The highest BCUT2D eigenvalue weighted by molar-refractivity contribution is 5.65. The third-order valence-corrected chi connectivity index (χ3v) is 7.01. The molecule has 180 valence electrons. The molecule has 0 N–H and O–H groups in total. The van der Waals surface area contributed by atoms with Crippen molar-refractivity contribution in [2.75, 3.05) is 0 Å². The third kappa shape index (κ3) is 5.51. The largest absolute Gasteiger partial charge is 0.254 e. The lowest BCUT2D eigenvalue weighted by atomic mass is 9.75. The number of hydrogen-bond acceptors (Lipinski definition) is 0. The number of hydrogen-bond donors (Lipinski definition) is 0. The Kier molecular flexibility index (Phi) is 7.39. The second-order valence-electron chi connectivity index (χ2n) is 9.42. The highest BCUT2D eigenvalue weighted by atomic mass is 19.3. The minimum Gasteiger partial charge on any atom is -0.206 e. The minimum atomic E-state index is -2.97. The molecular weight excluding hydrogens is 443 g/mol. The number of aryl methyl sites for hydroxylation is 1. The van der Waals surface area contributed by atoms with Crippen LogP contribution in [0.1, 0.15) is 61.6 Å². The van der Waals surface area contributed by atoms with Crippen LogP contribution in [-0.2, 0) is 12.8 Å². The van der Waals surface area contributed by atoms with Gasteiger partial charge in [-0.3, -0.25) is 0 Å². The monoisotopic (exact) mass is 472 g/mol. The van der Waals surface area contributed by atoms with Crippen molar-refractivity contribution >= 4 is 0 Å². The second-order valence-corrected chi connectivity index (χ2v) is 9.42. The summed E-state index contributed by atoms with van der Waals surface area (Å²) < 4.78 is 70.8. The molecule has 1 aliphatic carbocycles. The van der Waals surface area contributed by atoms with E-state index in [-0.39, 0.29) is 17.3 Å². The van der Waals surface area contributed by atoms with Crippen LogP contribution >= 0.6 is 0 Å². The van der Waals surface area contributed by atoms with Crippen LogP contribution in [-0.4, -0.2) is 5.92 Å². The fourth-order valence-electron chi connectivity index (χ4n) is 5.09. The number of halogens is 5. The smallest absolute Gasteiger partial charge is 0.206 e. The predicted octanol–water partition coefficient (Wildman–Crippen LogP) is 8.88. The maximum Gasteiger partial charge on any atom is 0.254 e. The fourth-order valence-corrected chi connectivity index (χ4v) is 5.09. The van der Waals surface area contributed by atoms with E-state index in [2.05, 4.69) is 6.92 Å². The summed E-state index contributed by atoms with van der Waals surface area (Å²) in [4.78, 5) is 0. The van der Waals surface area contributed by atoms with Gasteiger partial charge in [0.05, 0.1) is 0 Å². The summed E-state index contributed by atoms with van der Waals surface area (Å²) in [7, 11) is 0. The summed E-state index contributed by atoms with van der Waals surface area (Å²) in [5, 5.41) is 0. The van der Waals surface area contributed by atoms with Crippen LogP contribution in [0.5, 0.6) is 0 Å². The van der Waals surface area contributed by atoms with E-state index in [1.54, 1.807) is 6.07 Å². The Morgan fingerprint density at radius 1 is 0.735 bits per heavy atom. The van der Waals surface area contributed by atoms with E-state index in [9.17, 15) is 22.0 Å². The quantitative estimate of drug-likeness (QED) is 0.301. The van der Waals surface area contributed by atoms with Gasteiger partial charge in [0.25, 0.3) is 5.92 Å². The van der Waals surface area contributed by atoms with Gasteiger partial charge in [-0.05, 0) is 78.5 Å². The van der Waals surface area contributed by atoms with E-state index in [0.29, 0.717) is 31.2 Å². The number of benzene rings is 3. The molecular formula is C29H29F5. The molecule has 4 rings (SSSR count). The van der Waals surface area contributed by atoms with E-state index in [4.69, 9.17) is 0 Å². The lowest BCUT2D eigenvalue weighted by Gasteiger charge is -2.34. The van der Waals surface area contributed by atoms with Crippen LogP contribution < -0.4 is 0 Å². The average Bonchev–Trinajstić information content (AvgIpc) is 2.82. The van der Waals surface area contributed by atoms with Crippen LogP contribution in [0.3, 0.4) is 0 Å². The summed E-state index contributed by atoms with van der Waals surface area (Å²) in [5.74, 6) is -5.94. The molecule has 3 aromatic carbocycles. The first-order chi connectivity index (χ1) is 16.3. The van der Waals surface area contributed by atoms with Gasteiger partial charge in [-0.2, -0.15) is 0 Å². The Balaban J connectivity index is 1.38. The van der Waals surface area contributed by atoms with Crippen molar-refractivity contribution < 1.29 is 22.0 Å². The van der Waals surface area contributed by atoms with Crippen molar-refractivity contribution in [1.29, 1.82) is 0 Å². The summed E-state index contributed by atoms with van der Waals surface area (Å²) in [5.41, 5.74) is 3.53. The van der Waals surface area contributed by atoms with E-state index >= 15 is 0 Å². The van der Waals surface area contributed by atoms with Gasteiger partial charge in [-0.15, -0.1) is 0 Å². The molecule has 1 fully saturated rings. The third-order valence-electron chi connectivity index (χ3n) is 7.01. The molecule has 0 nitrogen and oxygen atoms in total. The molecule has 0 aliphatic heterocycles. The van der Waals surface area contributed by atoms with Crippen LogP contribution in [0.2, 0.25) is 0 Å². The Morgan fingerprint density at radius 2 is 1.38 bits per heavy atom. The van der Waals surface area contributed by atoms with Crippen LogP contribution in [0.15, 0.2) is 60.7 Å². The zero-order valence-electron chi connectivity index (χ0n) is 19.3.